The van der Waals surface area contributed by atoms with E-state index in [0.717, 1.165) is 22.8 Å². The molecule has 1 aromatic carbocycles. The van der Waals surface area contributed by atoms with Crippen LogP contribution in [0.5, 0.6) is 0 Å². The van der Waals surface area contributed by atoms with E-state index in [-0.39, 0.29) is 17.2 Å². The molecule has 8 nitrogen and oxygen atoms in total. The number of β-lactam (4-membered cyclic amide) rings is 1. The summed E-state index contributed by atoms with van der Waals surface area (Å²) in [4.78, 5) is 43.8. The van der Waals surface area contributed by atoms with Crippen LogP contribution in [-0.2, 0) is 14.4 Å². The van der Waals surface area contributed by atoms with Gasteiger partial charge < -0.3 is 20.2 Å². The van der Waals surface area contributed by atoms with Crippen LogP contribution in [-0.4, -0.2) is 83.2 Å². The number of hydrogen-bond donors (Lipinski definition) is 2. The molecule has 2 N–H and O–H groups in total. The van der Waals surface area contributed by atoms with Crippen LogP contribution in [0, 0.1) is 0 Å². The van der Waals surface area contributed by atoms with Crippen LogP contribution in [0.25, 0.3) is 0 Å². The summed E-state index contributed by atoms with van der Waals surface area (Å²) < 4.78 is 0.194. The maximum Gasteiger partial charge on any atom is 0.327 e. The smallest absolute Gasteiger partial charge is 0.327 e. The van der Waals surface area contributed by atoms with Crippen molar-refractivity contribution in [1.82, 2.24) is 20.0 Å². The fourth-order valence-corrected chi connectivity index (χ4v) is 7.45. The second-order valence-corrected chi connectivity index (χ2v) is 12.3. The highest BCUT2D eigenvalue weighted by molar-refractivity contribution is 8.22. The average molecular weight is 509 g/mol. The van der Waals surface area contributed by atoms with E-state index in [0.29, 0.717) is 12.5 Å². The predicted molar refractivity (Wildman–Crippen MR) is 134 cm³/mol. The molecule has 0 aromatic heterocycles. The Morgan fingerprint density at radius 1 is 1.30 bits per heavy atom. The van der Waals surface area contributed by atoms with Crippen molar-refractivity contribution in [3.05, 3.63) is 35.9 Å². The molecule has 0 radical (unpaired) electrons. The number of nitrogens with zero attached hydrogens (tertiary/aromatic N) is 3. The van der Waals surface area contributed by atoms with Gasteiger partial charge in [0.2, 0.25) is 11.8 Å². The first-order valence-corrected chi connectivity index (χ1v) is 13.2. The number of carboxylic acids is 1. The molecular formula is C22H28N4O4S3. The molecule has 3 aliphatic rings. The number of nitrogens with one attached hydrogen (secondary N) is 1. The molecule has 3 aliphatic heterocycles. The Morgan fingerprint density at radius 2 is 2.00 bits per heavy atom. The Bertz CT molecular complexity index is 960. The molecule has 2 amide bonds. The quantitative estimate of drug-likeness (QED) is 0.425. The third-order valence-corrected chi connectivity index (χ3v) is 9.31. The van der Waals surface area contributed by atoms with Gasteiger partial charge in [0.1, 0.15) is 27.8 Å². The van der Waals surface area contributed by atoms with E-state index >= 15 is 0 Å². The minimum Gasteiger partial charge on any atom is -0.480 e. The predicted octanol–water partition coefficient (Wildman–Crippen LogP) is 2.32. The van der Waals surface area contributed by atoms with Crippen LogP contribution in [0.1, 0.15) is 38.8 Å². The SMILES string of the molecule is CCCN1CN([C@H](C(=O)N[C@@H]2C(=O)N3C2SC(C)(C)C3C(=O)O)c2ccccc2)CSC1=S. The average Bonchev–Trinajstić information content (AvgIpc) is 3.03. The molecule has 3 fully saturated rings. The summed E-state index contributed by atoms with van der Waals surface area (Å²) in [5.74, 6) is -1.05. The standard InChI is InChI=1S/C22H28N4O4S3/c1-4-10-24-11-25(12-32-21(24)31)15(13-8-6-5-7-9-13)17(27)23-14-18(28)26-16(20(29)30)22(2,3)33-19(14)26/h5-9,14-16,19H,4,10-12H2,1-3H3,(H,23,27)(H,29,30)/t14-,15+,16?,19?/m1/s1. The molecule has 1 aromatic rings. The highest BCUT2D eigenvalue weighted by atomic mass is 32.2. The molecule has 0 spiro atoms. The topological polar surface area (TPSA) is 93.2 Å². The minimum atomic E-state index is -1.02. The summed E-state index contributed by atoms with van der Waals surface area (Å²) in [6, 6.07) is 7.29. The van der Waals surface area contributed by atoms with Crippen molar-refractivity contribution in [2.45, 2.75) is 55.4 Å². The first-order chi connectivity index (χ1) is 15.7. The normalized spacial score (nSPS) is 27.7. The summed E-state index contributed by atoms with van der Waals surface area (Å²) in [5.41, 5.74) is 0.839. The summed E-state index contributed by atoms with van der Waals surface area (Å²) in [5, 5.41) is 12.2. The van der Waals surface area contributed by atoms with Gasteiger partial charge in [0.15, 0.2) is 0 Å². The van der Waals surface area contributed by atoms with E-state index in [1.165, 1.54) is 28.4 Å². The van der Waals surface area contributed by atoms with Gasteiger partial charge in [0, 0.05) is 11.3 Å². The molecule has 3 saturated heterocycles. The van der Waals surface area contributed by atoms with Crippen LogP contribution in [0.2, 0.25) is 0 Å². The number of benzene rings is 1. The van der Waals surface area contributed by atoms with E-state index < -0.39 is 28.8 Å². The second kappa shape index (κ2) is 9.44. The van der Waals surface area contributed by atoms with Crippen LogP contribution in [0.4, 0.5) is 0 Å². The van der Waals surface area contributed by atoms with E-state index in [2.05, 4.69) is 22.0 Å². The van der Waals surface area contributed by atoms with Gasteiger partial charge >= 0.3 is 5.97 Å². The molecular weight excluding hydrogens is 480 g/mol. The summed E-state index contributed by atoms with van der Waals surface area (Å²) in [7, 11) is 0. The number of amides is 2. The fourth-order valence-electron chi connectivity index (χ4n) is 4.68. The van der Waals surface area contributed by atoms with Crippen LogP contribution in [0.3, 0.4) is 0 Å². The third kappa shape index (κ3) is 4.48. The molecule has 4 atom stereocenters. The molecule has 33 heavy (non-hydrogen) atoms. The largest absolute Gasteiger partial charge is 0.480 e. The van der Waals surface area contributed by atoms with Crippen molar-refractivity contribution in [2.75, 3.05) is 19.1 Å². The zero-order valence-electron chi connectivity index (χ0n) is 18.8. The first kappa shape index (κ1) is 24.3. The Morgan fingerprint density at radius 3 is 2.64 bits per heavy atom. The number of thiocarbonyl (C=S) groups is 1. The molecule has 0 saturated carbocycles. The Hall–Kier alpha value is -1.82. The van der Waals surface area contributed by atoms with Crippen LogP contribution < -0.4 is 5.32 Å². The summed E-state index contributed by atoms with van der Waals surface area (Å²) >= 11 is 8.45. The Balaban J connectivity index is 1.54. The molecule has 178 valence electrons. The number of rotatable bonds is 7. The van der Waals surface area contributed by atoms with Gasteiger partial charge in [-0.05, 0) is 25.8 Å². The third-order valence-electron chi connectivity index (χ3n) is 6.16. The minimum absolute atomic E-state index is 0.263. The van der Waals surface area contributed by atoms with Crippen molar-refractivity contribution < 1.29 is 19.5 Å². The molecule has 11 heteroatoms. The summed E-state index contributed by atoms with van der Waals surface area (Å²) in [6.45, 7) is 7.08. The van der Waals surface area contributed by atoms with Crippen molar-refractivity contribution in [1.29, 1.82) is 0 Å². The Kier molecular flexibility index (Phi) is 6.95. The number of carboxylic acid groups (broad SMARTS) is 1. The maximum atomic E-state index is 13.6. The van der Waals surface area contributed by atoms with Crippen molar-refractivity contribution in [3.8, 4) is 0 Å². The van der Waals surface area contributed by atoms with Gasteiger partial charge in [-0.25, -0.2) is 4.79 Å². The van der Waals surface area contributed by atoms with Gasteiger partial charge in [-0.15, -0.1) is 11.8 Å². The summed E-state index contributed by atoms with van der Waals surface area (Å²) in [6.07, 6.45) is 0.947. The fraction of sp³-hybridized carbons (Fsp3) is 0.545. The molecule has 4 rings (SSSR count). The van der Waals surface area contributed by atoms with E-state index in [9.17, 15) is 19.5 Å². The molecule has 3 heterocycles. The van der Waals surface area contributed by atoms with Crippen LogP contribution in [0.15, 0.2) is 30.3 Å². The second-order valence-electron chi connectivity index (χ2n) is 8.93. The number of carbonyl (C=O) groups excluding carboxylic acids is 2. The zero-order valence-corrected chi connectivity index (χ0v) is 21.2. The maximum absolute atomic E-state index is 13.6. The lowest BCUT2D eigenvalue weighted by atomic mass is 9.95. The highest BCUT2D eigenvalue weighted by Crippen LogP contribution is 2.50. The molecule has 2 unspecified atom stereocenters. The van der Waals surface area contributed by atoms with E-state index in [1.807, 2.05) is 44.2 Å². The van der Waals surface area contributed by atoms with Crippen molar-refractivity contribution in [3.63, 3.8) is 0 Å². The lowest BCUT2D eigenvalue weighted by Gasteiger charge is -2.45. The van der Waals surface area contributed by atoms with E-state index in [1.54, 1.807) is 0 Å². The number of carbonyl (C=O) groups is 3. The molecule has 0 bridgehead atoms. The number of hydrogen-bond acceptors (Lipinski definition) is 7. The monoisotopic (exact) mass is 508 g/mol. The number of thioether (sulfide) groups is 2. The van der Waals surface area contributed by atoms with Gasteiger partial charge in [0.25, 0.3) is 0 Å². The van der Waals surface area contributed by atoms with E-state index in [4.69, 9.17) is 12.2 Å². The Labute approximate surface area is 207 Å². The van der Waals surface area contributed by atoms with Gasteiger partial charge in [-0.1, -0.05) is 61.2 Å². The first-order valence-electron chi connectivity index (χ1n) is 10.9. The zero-order chi connectivity index (χ0) is 23.9. The molecule has 0 aliphatic carbocycles. The number of fused-ring (bicyclic) bond motifs is 1. The van der Waals surface area contributed by atoms with Gasteiger partial charge in [-0.2, -0.15) is 0 Å². The highest BCUT2D eigenvalue weighted by Gasteiger charge is 2.64. The lowest BCUT2D eigenvalue weighted by molar-refractivity contribution is -0.161. The van der Waals surface area contributed by atoms with Crippen molar-refractivity contribution in [2.24, 2.45) is 0 Å². The number of aliphatic carboxylic acids is 1. The lowest BCUT2D eigenvalue weighted by Crippen LogP contribution is -2.71. The van der Waals surface area contributed by atoms with Crippen molar-refractivity contribution >= 4 is 57.8 Å². The van der Waals surface area contributed by atoms with Gasteiger partial charge in [-0.3, -0.25) is 14.5 Å². The van der Waals surface area contributed by atoms with Gasteiger partial charge in [0.05, 0.1) is 12.5 Å². The van der Waals surface area contributed by atoms with Crippen LogP contribution >= 0.6 is 35.7 Å².